The van der Waals surface area contributed by atoms with Gasteiger partial charge in [0.15, 0.2) is 0 Å². The van der Waals surface area contributed by atoms with Crippen molar-refractivity contribution in [3.8, 4) is 0 Å². The maximum Gasteiger partial charge on any atom is 0.0981 e. The lowest BCUT2D eigenvalue weighted by atomic mass is 9.91. The Morgan fingerprint density at radius 2 is 2.30 bits per heavy atom. The van der Waals surface area contributed by atoms with Gasteiger partial charge in [0.05, 0.1) is 18.9 Å². The molecule has 0 radical (unpaired) electrons. The first-order valence-corrected chi connectivity index (χ1v) is 7.24. The van der Waals surface area contributed by atoms with Gasteiger partial charge < -0.3 is 10.5 Å². The summed E-state index contributed by atoms with van der Waals surface area (Å²) in [5.41, 5.74) is 10.2. The Bertz CT molecular complexity index is 579. The standard InChI is InChI=1S/C16H21N3O/c1-2-19-11-12(10-18-19)9-15(17)16-14-6-4-3-5-13(14)7-8-20-16/h3-6,10-11,15-16H,2,7-9,17H2,1H3. The van der Waals surface area contributed by atoms with Crippen molar-refractivity contribution < 1.29 is 4.74 Å². The number of rotatable bonds is 4. The van der Waals surface area contributed by atoms with Crippen LogP contribution in [0.4, 0.5) is 0 Å². The Hall–Kier alpha value is -1.65. The van der Waals surface area contributed by atoms with Crippen LogP contribution in [0.5, 0.6) is 0 Å². The van der Waals surface area contributed by atoms with Gasteiger partial charge in [0.2, 0.25) is 0 Å². The molecular weight excluding hydrogens is 250 g/mol. The Morgan fingerprint density at radius 3 is 3.10 bits per heavy atom. The largest absolute Gasteiger partial charge is 0.372 e. The van der Waals surface area contributed by atoms with E-state index in [1.807, 2.05) is 10.9 Å². The second-order valence-electron chi connectivity index (χ2n) is 5.31. The predicted molar refractivity (Wildman–Crippen MR) is 78.4 cm³/mol. The van der Waals surface area contributed by atoms with Crippen LogP contribution in [0.25, 0.3) is 0 Å². The molecule has 1 aromatic heterocycles. The fourth-order valence-electron chi connectivity index (χ4n) is 2.84. The summed E-state index contributed by atoms with van der Waals surface area (Å²) >= 11 is 0. The summed E-state index contributed by atoms with van der Waals surface area (Å²) in [5.74, 6) is 0. The van der Waals surface area contributed by atoms with Gasteiger partial charge >= 0.3 is 0 Å². The van der Waals surface area contributed by atoms with Crippen LogP contribution in [0.2, 0.25) is 0 Å². The zero-order chi connectivity index (χ0) is 13.9. The molecular formula is C16H21N3O. The third-order valence-corrected chi connectivity index (χ3v) is 3.90. The van der Waals surface area contributed by atoms with E-state index in [-0.39, 0.29) is 12.1 Å². The summed E-state index contributed by atoms with van der Waals surface area (Å²) in [6.07, 6.45) is 5.73. The highest BCUT2D eigenvalue weighted by Crippen LogP contribution is 2.29. The van der Waals surface area contributed by atoms with Crippen LogP contribution in [0.1, 0.15) is 29.7 Å². The van der Waals surface area contributed by atoms with Crippen molar-refractivity contribution in [3.05, 3.63) is 53.3 Å². The number of hydrogen-bond acceptors (Lipinski definition) is 3. The molecule has 0 saturated heterocycles. The third kappa shape index (κ3) is 2.62. The first-order valence-electron chi connectivity index (χ1n) is 7.24. The van der Waals surface area contributed by atoms with Gasteiger partial charge in [-0.05, 0) is 36.5 Å². The van der Waals surface area contributed by atoms with E-state index in [0.717, 1.165) is 26.0 Å². The Labute approximate surface area is 119 Å². The molecule has 0 bridgehead atoms. The Kier molecular flexibility index (Phi) is 3.85. The SMILES string of the molecule is CCn1cc(CC(N)C2OCCc3ccccc32)cn1. The van der Waals surface area contributed by atoms with Gasteiger partial charge in [0.25, 0.3) is 0 Å². The van der Waals surface area contributed by atoms with Gasteiger partial charge in [-0.1, -0.05) is 24.3 Å². The molecule has 2 N–H and O–H groups in total. The molecule has 1 aliphatic rings. The molecule has 2 aromatic rings. The maximum atomic E-state index is 6.38. The molecule has 0 spiro atoms. The molecule has 106 valence electrons. The zero-order valence-corrected chi connectivity index (χ0v) is 11.8. The monoisotopic (exact) mass is 271 g/mol. The molecule has 0 saturated carbocycles. The molecule has 1 aromatic carbocycles. The second kappa shape index (κ2) is 5.77. The molecule has 0 aliphatic carbocycles. The molecule has 3 rings (SSSR count). The van der Waals surface area contributed by atoms with Crippen molar-refractivity contribution in [2.75, 3.05) is 6.61 Å². The minimum atomic E-state index is -0.0362. The highest BCUT2D eigenvalue weighted by Gasteiger charge is 2.26. The maximum absolute atomic E-state index is 6.38. The number of ether oxygens (including phenoxy) is 1. The van der Waals surface area contributed by atoms with Crippen LogP contribution in [0, 0.1) is 0 Å². The Morgan fingerprint density at radius 1 is 1.45 bits per heavy atom. The molecule has 4 nitrogen and oxygen atoms in total. The van der Waals surface area contributed by atoms with Crippen LogP contribution in [0.15, 0.2) is 36.7 Å². The zero-order valence-electron chi connectivity index (χ0n) is 11.8. The van der Waals surface area contributed by atoms with E-state index in [1.54, 1.807) is 0 Å². The van der Waals surface area contributed by atoms with E-state index in [9.17, 15) is 0 Å². The van der Waals surface area contributed by atoms with E-state index in [0.29, 0.717) is 0 Å². The van der Waals surface area contributed by atoms with Gasteiger partial charge in [-0.15, -0.1) is 0 Å². The topological polar surface area (TPSA) is 53.1 Å². The van der Waals surface area contributed by atoms with E-state index >= 15 is 0 Å². The van der Waals surface area contributed by atoms with Crippen molar-refractivity contribution in [2.24, 2.45) is 5.73 Å². The van der Waals surface area contributed by atoms with Crippen molar-refractivity contribution >= 4 is 0 Å². The molecule has 2 unspecified atom stereocenters. The lowest BCUT2D eigenvalue weighted by molar-refractivity contribution is 0.0246. The highest BCUT2D eigenvalue weighted by atomic mass is 16.5. The molecule has 4 heteroatoms. The van der Waals surface area contributed by atoms with Crippen molar-refractivity contribution in [1.82, 2.24) is 9.78 Å². The van der Waals surface area contributed by atoms with Gasteiger partial charge in [0.1, 0.15) is 0 Å². The third-order valence-electron chi connectivity index (χ3n) is 3.90. The first kappa shape index (κ1) is 13.3. The fraction of sp³-hybridized carbons (Fsp3) is 0.438. The normalized spacial score (nSPS) is 19.6. The number of aryl methyl sites for hydroxylation is 1. The molecule has 20 heavy (non-hydrogen) atoms. The predicted octanol–water partition coefficient (Wildman–Crippen LogP) is 2.09. The summed E-state index contributed by atoms with van der Waals surface area (Å²) in [7, 11) is 0. The first-order chi connectivity index (χ1) is 9.78. The Balaban J connectivity index is 1.76. The smallest absolute Gasteiger partial charge is 0.0981 e. The van der Waals surface area contributed by atoms with Crippen LogP contribution in [-0.2, 0) is 24.1 Å². The molecule has 1 aliphatic heterocycles. The summed E-state index contributed by atoms with van der Waals surface area (Å²) in [4.78, 5) is 0. The van der Waals surface area contributed by atoms with Gasteiger partial charge in [0, 0.05) is 18.8 Å². The summed E-state index contributed by atoms with van der Waals surface area (Å²) in [6, 6.07) is 8.41. The number of nitrogens with zero attached hydrogens (tertiary/aromatic N) is 2. The number of fused-ring (bicyclic) bond motifs is 1. The number of benzene rings is 1. The lowest BCUT2D eigenvalue weighted by Gasteiger charge is -2.30. The van der Waals surface area contributed by atoms with Crippen LogP contribution in [-0.4, -0.2) is 22.4 Å². The van der Waals surface area contributed by atoms with Gasteiger partial charge in [-0.3, -0.25) is 4.68 Å². The summed E-state index contributed by atoms with van der Waals surface area (Å²) in [5, 5.41) is 4.30. The average molecular weight is 271 g/mol. The number of nitrogens with two attached hydrogens (primary N) is 1. The van der Waals surface area contributed by atoms with Crippen molar-refractivity contribution in [3.63, 3.8) is 0 Å². The van der Waals surface area contributed by atoms with Crippen molar-refractivity contribution in [2.45, 2.75) is 38.5 Å². The van der Waals surface area contributed by atoms with E-state index in [4.69, 9.17) is 10.5 Å². The second-order valence-corrected chi connectivity index (χ2v) is 5.31. The van der Waals surface area contributed by atoms with Gasteiger partial charge in [-0.25, -0.2) is 0 Å². The average Bonchev–Trinajstić information content (AvgIpc) is 2.94. The van der Waals surface area contributed by atoms with Crippen molar-refractivity contribution in [1.29, 1.82) is 0 Å². The minimum Gasteiger partial charge on any atom is -0.372 e. The van der Waals surface area contributed by atoms with E-state index in [2.05, 4.69) is 42.5 Å². The highest BCUT2D eigenvalue weighted by molar-refractivity contribution is 5.32. The summed E-state index contributed by atoms with van der Waals surface area (Å²) in [6.45, 7) is 3.72. The summed E-state index contributed by atoms with van der Waals surface area (Å²) < 4.78 is 7.85. The molecule has 0 fully saturated rings. The van der Waals surface area contributed by atoms with Crippen LogP contribution < -0.4 is 5.73 Å². The number of aromatic nitrogens is 2. The molecule has 2 heterocycles. The van der Waals surface area contributed by atoms with E-state index < -0.39 is 0 Å². The van der Waals surface area contributed by atoms with Crippen LogP contribution >= 0.6 is 0 Å². The van der Waals surface area contributed by atoms with E-state index in [1.165, 1.54) is 16.7 Å². The fourth-order valence-corrected chi connectivity index (χ4v) is 2.84. The van der Waals surface area contributed by atoms with Crippen LogP contribution in [0.3, 0.4) is 0 Å². The quantitative estimate of drug-likeness (QED) is 0.926. The molecule has 2 atom stereocenters. The minimum absolute atomic E-state index is 0.00933. The lowest BCUT2D eigenvalue weighted by Crippen LogP contribution is -2.35. The molecule has 0 amide bonds. The van der Waals surface area contributed by atoms with Gasteiger partial charge in [-0.2, -0.15) is 5.10 Å². The number of hydrogen-bond donors (Lipinski definition) is 1.